The van der Waals surface area contributed by atoms with Crippen LogP contribution in [-0.4, -0.2) is 25.7 Å². The van der Waals surface area contributed by atoms with E-state index in [4.69, 9.17) is 5.11 Å². The minimum atomic E-state index is -1.00. The van der Waals surface area contributed by atoms with Gasteiger partial charge in [-0.05, 0) is 6.92 Å². The fourth-order valence-electron chi connectivity index (χ4n) is 1.41. The number of nitrogens with zero attached hydrogens (tertiary/aromatic N) is 2. The number of carbonyl (C=O) groups is 1. The molecule has 0 unspecified atom stereocenters. The third-order valence-corrected chi connectivity index (χ3v) is 1.96. The molecule has 0 aliphatic rings. The fourth-order valence-corrected chi connectivity index (χ4v) is 1.41. The molecule has 0 aliphatic heterocycles. The highest BCUT2D eigenvalue weighted by Crippen LogP contribution is 2.01. The molecular weight excluding hydrogens is 198 g/mol. The third-order valence-electron chi connectivity index (χ3n) is 1.96. The van der Waals surface area contributed by atoms with Gasteiger partial charge < -0.3 is 5.11 Å². The van der Waals surface area contributed by atoms with E-state index in [1.165, 1.54) is 10.6 Å². The lowest BCUT2D eigenvalue weighted by Crippen LogP contribution is -2.16. The van der Waals surface area contributed by atoms with E-state index < -0.39 is 5.97 Å². The van der Waals surface area contributed by atoms with Crippen molar-refractivity contribution in [2.24, 2.45) is 0 Å². The van der Waals surface area contributed by atoms with Crippen molar-refractivity contribution in [3.05, 3.63) is 33.9 Å². The number of aromatic amines is 1. The molecule has 0 spiro atoms. The predicted octanol–water partition coefficient (Wildman–Crippen LogP) is -0.0419. The molecule has 15 heavy (non-hydrogen) atoms. The summed E-state index contributed by atoms with van der Waals surface area (Å²) >= 11 is 0. The Kier molecular flexibility index (Phi) is 2.03. The molecule has 2 N–H and O–H groups in total. The van der Waals surface area contributed by atoms with Crippen molar-refractivity contribution in [2.75, 3.05) is 0 Å². The number of carboxylic acid groups (broad SMARTS) is 1. The van der Waals surface area contributed by atoms with Crippen LogP contribution in [0.1, 0.15) is 11.4 Å². The van der Waals surface area contributed by atoms with E-state index in [1.807, 2.05) is 0 Å². The van der Waals surface area contributed by atoms with Gasteiger partial charge in [0.25, 0.3) is 5.56 Å². The summed E-state index contributed by atoms with van der Waals surface area (Å²) < 4.78 is 1.28. The van der Waals surface area contributed by atoms with Crippen LogP contribution in [-0.2, 0) is 11.2 Å². The molecule has 0 fully saturated rings. The summed E-state index contributed by atoms with van der Waals surface area (Å²) in [5.74, 6) is -1.00. The lowest BCUT2D eigenvalue weighted by Gasteiger charge is -1.96. The first-order valence-electron chi connectivity index (χ1n) is 4.36. The van der Waals surface area contributed by atoms with Crippen molar-refractivity contribution >= 4 is 11.6 Å². The molecule has 2 aromatic heterocycles. The zero-order chi connectivity index (χ0) is 11.0. The van der Waals surface area contributed by atoms with Crippen molar-refractivity contribution in [3.8, 4) is 0 Å². The van der Waals surface area contributed by atoms with E-state index in [0.29, 0.717) is 5.65 Å². The number of aromatic nitrogens is 3. The molecule has 0 bridgehead atoms. The van der Waals surface area contributed by atoms with Gasteiger partial charge in [-0.2, -0.15) is 0 Å². The number of H-pyrrole nitrogens is 1. The number of rotatable bonds is 2. The number of carboxylic acids is 1. The smallest absolute Gasteiger partial charge is 0.309 e. The van der Waals surface area contributed by atoms with Crippen LogP contribution in [0.2, 0.25) is 0 Å². The molecule has 6 heteroatoms. The quantitative estimate of drug-likeness (QED) is 0.723. The van der Waals surface area contributed by atoms with Gasteiger partial charge in [0.15, 0.2) is 5.65 Å². The van der Waals surface area contributed by atoms with Gasteiger partial charge in [0.1, 0.15) is 0 Å². The van der Waals surface area contributed by atoms with E-state index in [2.05, 4.69) is 10.1 Å². The lowest BCUT2D eigenvalue weighted by molar-refractivity contribution is -0.136. The summed E-state index contributed by atoms with van der Waals surface area (Å²) in [4.78, 5) is 26.0. The van der Waals surface area contributed by atoms with Crippen molar-refractivity contribution in [1.29, 1.82) is 0 Å². The van der Waals surface area contributed by atoms with Crippen LogP contribution in [0.25, 0.3) is 5.65 Å². The Morgan fingerprint density at radius 1 is 1.60 bits per heavy atom. The summed E-state index contributed by atoms with van der Waals surface area (Å²) in [6.07, 6.45) is -0.240. The first kappa shape index (κ1) is 9.45. The molecule has 0 aromatic carbocycles. The summed E-state index contributed by atoms with van der Waals surface area (Å²) in [6, 6.07) is 2.91. The number of aryl methyl sites for hydroxylation is 1. The van der Waals surface area contributed by atoms with Crippen LogP contribution < -0.4 is 5.56 Å². The van der Waals surface area contributed by atoms with Gasteiger partial charge in [-0.25, -0.2) is 9.50 Å². The number of fused-ring (bicyclic) bond motifs is 1. The highest BCUT2D eigenvalue weighted by Gasteiger charge is 2.07. The van der Waals surface area contributed by atoms with E-state index in [9.17, 15) is 9.59 Å². The highest BCUT2D eigenvalue weighted by atomic mass is 16.4. The monoisotopic (exact) mass is 207 g/mol. The Labute approximate surface area is 84.2 Å². The van der Waals surface area contributed by atoms with Crippen molar-refractivity contribution in [3.63, 3.8) is 0 Å². The van der Waals surface area contributed by atoms with Crippen molar-refractivity contribution in [2.45, 2.75) is 13.3 Å². The SMILES string of the molecule is Cc1cc2nc(CC(=O)O)cc(=O)n2[nH]1. The molecule has 2 aromatic rings. The van der Waals surface area contributed by atoms with Gasteiger partial charge in [0.05, 0.1) is 12.1 Å². The minimum absolute atomic E-state index is 0.240. The number of nitrogens with one attached hydrogen (secondary N) is 1. The molecule has 2 heterocycles. The van der Waals surface area contributed by atoms with E-state index >= 15 is 0 Å². The number of hydrogen-bond donors (Lipinski definition) is 2. The second-order valence-corrected chi connectivity index (χ2v) is 3.29. The topological polar surface area (TPSA) is 87.5 Å². The highest BCUT2D eigenvalue weighted by molar-refractivity contribution is 5.69. The van der Waals surface area contributed by atoms with Crippen LogP contribution in [0.5, 0.6) is 0 Å². The molecule has 6 nitrogen and oxygen atoms in total. The van der Waals surface area contributed by atoms with Gasteiger partial charge in [-0.1, -0.05) is 0 Å². The maximum absolute atomic E-state index is 11.5. The molecule has 0 radical (unpaired) electrons. The minimum Gasteiger partial charge on any atom is -0.481 e. The molecular formula is C9H9N3O3. The normalized spacial score (nSPS) is 10.7. The van der Waals surface area contributed by atoms with Crippen molar-refractivity contribution < 1.29 is 9.90 Å². The Morgan fingerprint density at radius 2 is 2.33 bits per heavy atom. The Hall–Kier alpha value is -2.11. The van der Waals surface area contributed by atoms with Gasteiger partial charge in [-0.3, -0.25) is 14.7 Å². The fraction of sp³-hybridized carbons (Fsp3) is 0.222. The molecule has 0 atom stereocenters. The second kappa shape index (κ2) is 3.23. The second-order valence-electron chi connectivity index (χ2n) is 3.29. The molecule has 0 saturated heterocycles. The lowest BCUT2D eigenvalue weighted by atomic mass is 10.3. The summed E-state index contributed by atoms with van der Waals surface area (Å²) in [6.45, 7) is 1.80. The average Bonchev–Trinajstić information content (AvgIpc) is 2.44. The first-order valence-corrected chi connectivity index (χ1v) is 4.36. The van der Waals surface area contributed by atoms with Crippen LogP contribution in [0.4, 0.5) is 0 Å². The first-order chi connectivity index (χ1) is 7.06. The van der Waals surface area contributed by atoms with E-state index in [0.717, 1.165) is 5.69 Å². The molecule has 0 amide bonds. The summed E-state index contributed by atoms with van der Waals surface area (Å²) in [7, 11) is 0. The molecule has 2 rings (SSSR count). The maximum atomic E-state index is 11.5. The largest absolute Gasteiger partial charge is 0.481 e. The van der Waals surface area contributed by atoms with Crippen LogP contribution >= 0.6 is 0 Å². The van der Waals surface area contributed by atoms with Crippen LogP contribution in [0.3, 0.4) is 0 Å². The zero-order valence-corrected chi connectivity index (χ0v) is 8.02. The summed E-state index contributed by atoms with van der Waals surface area (Å²) in [5, 5.41) is 11.4. The van der Waals surface area contributed by atoms with E-state index in [1.54, 1.807) is 13.0 Å². The van der Waals surface area contributed by atoms with Gasteiger partial charge >= 0.3 is 5.97 Å². The molecule has 78 valence electrons. The van der Waals surface area contributed by atoms with Crippen LogP contribution in [0, 0.1) is 6.92 Å². The molecule has 0 aliphatic carbocycles. The summed E-state index contributed by atoms with van der Waals surface area (Å²) in [5.41, 5.74) is 1.21. The standard InChI is InChI=1S/C9H9N3O3/c1-5-2-7-10-6(4-9(14)15)3-8(13)12(7)11-5/h2-3,11H,4H2,1H3,(H,14,15). The van der Waals surface area contributed by atoms with E-state index in [-0.39, 0.29) is 17.7 Å². The van der Waals surface area contributed by atoms with Gasteiger partial charge in [-0.15, -0.1) is 0 Å². The maximum Gasteiger partial charge on any atom is 0.309 e. The number of hydrogen-bond acceptors (Lipinski definition) is 3. The average molecular weight is 207 g/mol. The number of aliphatic carboxylic acids is 1. The van der Waals surface area contributed by atoms with Crippen molar-refractivity contribution in [1.82, 2.24) is 14.6 Å². The third kappa shape index (κ3) is 1.74. The molecule has 0 saturated carbocycles. The predicted molar refractivity (Wildman–Crippen MR) is 51.9 cm³/mol. The Morgan fingerprint density at radius 3 is 3.00 bits per heavy atom. The zero-order valence-electron chi connectivity index (χ0n) is 8.02. The van der Waals surface area contributed by atoms with Crippen LogP contribution in [0.15, 0.2) is 16.9 Å². The Balaban J connectivity index is 2.61. The van der Waals surface area contributed by atoms with Gasteiger partial charge in [0.2, 0.25) is 0 Å². The van der Waals surface area contributed by atoms with Gasteiger partial charge in [0, 0.05) is 17.8 Å². The Bertz CT molecular complexity index is 582.